The summed E-state index contributed by atoms with van der Waals surface area (Å²) in [6, 6.07) is 11.5. The zero-order chi connectivity index (χ0) is 15.2. The van der Waals surface area contributed by atoms with E-state index in [4.69, 9.17) is 4.74 Å². The van der Waals surface area contributed by atoms with Gasteiger partial charge in [-0.2, -0.15) is 0 Å². The normalized spacial score (nSPS) is 11.7. The predicted molar refractivity (Wildman–Crippen MR) is 78.0 cm³/mol. The Kier molecular flexibility index (Phi) is 4.77. The number of carboxylic acid groups (broad SMARTS) is 1. The monoisotopic (exact) mass is 289 g/mol. The lowest BCUT2D eigenvalue weighted by Crippen LogP contribution is -2.20. The second-order valence-electron chi connectivity index (χ2n) is 4.43. The first kappa shape index (κ1) is 14.8. The molecule has 1 unspecified atom stereocenters. The summed E-state index contributed by atoms with van der Waals surface area (Å²) < 4.78 is 18.5. The highest BCUT2D eigenvalue weighted by molar-refractivity contribution is 5.79. The van der Waals surface area contributed by atoms with E-state index in [2.05, 4.69) is 5.32 Å². The van der Waals surface area contributed by atoms with Gasteiger partial charge in [0.2, 0.25) is 0 Å². The molecule has 2 aromatic rings. The van der Waals surface area contributed by atoms with Gasteiger partial charge in [0.15, 0.2) is 6.04 Å². The summed E-state index contributed by atoms with van der Waals surface area (Å²) in [4.78, 5) is 11.5. The van der Waals surface area contributed by atoms with E-state index >= 15 is 0 Å². The Morgan fingerprint density at radius 3 is 2.71 bits per heavy atom. The van der Waals surface area contributed by atoms with Gasteiger partial charge in [0.25, 0.3) is 0 Å². The molecule has 5 heteroatoms. The molecule has 0 fully saturated rings. The molecular formula is C16H16FNO3. The number of carboxylic acids is 1. The molecule has 2 aromatic carbocycles. The van der Waals surface area contributed by atoms with Crippen molar-refractivity contribution in [3.05, 3.63) is 59.9 Å². The molecule has 2 N–H and O–H groups in total. The molecule has 2 rings (SSSR count). The molecular weight excluding hydrogens is 273 g/mol. The summed E-state index contributed by atoms with van der Waals surface area (Å²) in [5.41, 5.74) is 0.946. The van der Waals surface area contributed by atoms with Gasteiger partial charge in [-0.25, -0.2) is 9.18 Å². The van der Waals surface area contributed by atoms with Crippen LogP contribution in [0.3, 0.4) is 0 Å². The standard InChI is InChI=1S/C16H16FNO3/c1-2-21-14-8-3-5-11(9-14)15(16(19)20)18-13-7-4-6-12(17)10-13/h3-10,15,18H,2H2,1H3,(H,19,20). The van der Waals surface area contributed by atoms with Crippen molar-refractivity contribution in [3.8, 4) is 5.75 Å². The van der Waals surface area contributed by atoms with Crippen LogP contribution in [0.15, 0.2) is 48.5 Å². The minimum atomic E-state index is -1.05. The van der Waals surface area contributed by atoms with Gasteiger partial charge in [0, 0.05) is 5.69 Å². The van der Waals surface area contributed by atoms with Crippen LogP contribution in [0.25, 0.3) is 0 Å². The second kappa shape index (κ2) is 6.74. The maximum Gasteiger partial charge on any atom is 0.330 e. The first-order valence-electron chi connectivity index (χ1n) is 6.58. The third-order valence-corrected chi connectivity index (χ3v) is 2.89. The van der Waals surface area contributed by atoms with Gasteiger partial charge in [-0.15, -0.1) is 0 Å². The number of carbonyl (C=O) groups is 1. The molecule has 0 aliphatic carbocycles. The smallest absolute Gasteiger partial charge is 0.330 e. The van der Waals surface area contributed by atoms with Crippen molar-refractivity contribution in [1.29, 1.82) is 0 Å². The van der Waals surface area contributed by atoms with Crippen LogP contribution in [-0.4, -0.2) is 17.7 Å². The van der Waals surface area contributed by atoms with Gasteiger partial charge in [0.1, 0.15) is 11.6 Å². The summed E-state index contributed by atoms with van der Waals surface area (Å²) in [5.74, 6) is -0.873. The molecule has 0 amide bonds. The molecule has 21 heavy (non-hydrogen) atoms. The number of halogens is 1. The highest BCUT2D eigenvalue weighted by Crippen LogP contribution is 2.24. The highest BCUT2D eigenvalue weighted by atomic mass is 19.1. The van der Waals surface area contributed by atoms with Crippen molar-refractivity contribution < 1.29 is 19.0 Å². The van der Waals surface area contributed by atoms with Crippen LogP contribution in [0.4, 0.5) is 10.1 Å². The molecule has 0 bridgehead atoms. The van der Waals surface area contributed by atoms with E-state index in [-0.39, 0.29) is 0 Å². The Morgan fingerprint density at radius 2 is 2.05 bits per heavy atom. The third kappa shape index (κ3) is 3.95. The van der Waals surface area contributed by atoms with Gasteiger partial charge >= 0.3 is 5.97 Å². The van der Waals surface area contributed by atoms with Crippen molar-refractivity contribution in [1.82, 2.24) is 0 Å². The molecule has 0 saturated carbocycles. The van der Waals surface area contributed by atoms with Gasteiger partial charge in [-0.05, 0) is 42.8 Å². The van der Waals surface area contributed by atoms with E-state index in [1.165, 1.54) is 18.2 Å². The van der Waals surface area contributed by atoms with Crippen molar-refractivity contribution >= 4 is 11.7 Å². The van der Waals surface area contributed by atoms with E-state index in [1.807, 2.05) is 6.92 Å². The summed E-state index contributed by atoms with van der Waals surface area (Å²) >= 11 is 0. The number of ether oxygens (including phenoxy) is 1. The number of benzene rings is 2. The summed E-state index contributed by atoms with van der Waals surface area (Å²) in [5, 5.41) is 12.2. The number of aliphatic carboxylic acids is 1. The molecule has 4 nitrogen and oxygen atoms in total. The molecule has 0 saturated heterocycles. The van der Waals surface area contributed by atoms with Crippen molar-refractivity contribution in [2.75, 3.05) is 11.9 Å². The maximum atomic E-state index is 13.2. The fourth-order valence-electron chi connectivity index (χ4n) is 1.98. The number of nitrogens with one attached hydrogen (secondary N) is 1. The summed E-state index contributed by atoms with van der Waals surface area (Å²) in [7, 11) is 0. The van der Waals surface area contributed by atoms with E-state index in [9.17, 15) is 14.3 Å². The van der Waals surface area contributed by atoms with Gasteiger partial charge in [-0.3, -0.25) is 0 Å². The van der Waals surface area contributed by atoms with Gasteiger partial charge in [-0.1, -0.05) is 18.2 Å². The van der Waals surface area contributed by atoms with E-state index in [0.29, 0.717) is 23.6 Å². The number of hydrogen-bond donors (Lipinski definition) is 2. The number of anilines is 1. The van der Waals surface area contributed by atoms with Crippen molar-refractivity contribution in [2.24, 2.45) is 0 Å². The van der Waals surface area contributed by atoms with Crippen molar-refractivity contribution in [3.63, 3.8) is 0 Å². The van der Waals surface area contributed by atoms with Crippen LogP contribution in [-0.2, 0) is 4.79 Å². The van der Waals surface area contributed by atoms with E-state index in [0.717, 1.165) is 0 Å². The molecule has 0 aromatic heterocycles. The Bertz CT molecular complexity index is 630. The number of rotatable bonds is 6. The summed E-state index contributed by atoms with van der Waals surface area (Å²) in [6.45, 7) is 2.35. The van der Waals surface area contributed by atoms with Gasteiger partial charge in [0.05, 0.1) is 6.61 Å². The maximum absolute atomic E-state index is 13.2. The number of hydrogen-bond acceptors (Lipinski definition) is 3. The molecule has 0 aliphatic rings. The Balaban J connectivity index is 2.26. The Morgan fingerprint density at radius 1 is 1.29 bits per heavy atom. The van der Waals surface area contributed by atoms with Crippen molar-refractivity contribution in [2.45, 2.75) is 13.0 Å². The predicted octanol–water partition coefficient (Wildman–Crippen LogP) is 3.46. The molecule has 1 atom stereocenters. The molecule has 0 spiro atoms. The largest absolute Gasteiger partial charge is 0.494 e. The van der Waals surface area contributed by atoms with Crippen LogP contribution >= 0.6 is 0 Å². The quantitative estimate of drug-likeness (QED) is 0.855. The van der Waals surface area contributed by atoms with Crippen LogP contribution in [0.2, 0.25) is 0 Å². The fourth-order valence-corrected chi connectivity index (χ4v) is 1.98. The van der Waals surface area contributed by atoms with Crippen LogP contribution in [0, 0.1) is 5.82 Å². The van der Waals surface area contributed by atoms with E-state index in [1.54, 1.807) is 30.3 Å². The average molecular weight is 289 g/mol. The molecule has 0 aliphatic heterocycles. The minimum absolute atomic E-state index is 0.407. The molecule has 0 heterocycles. The minimum Gasteiger partial charge on any atom is -0.494 e. The lowest BCUT2D eigenvalue weighted by atomic mass is 10.1. The topological polar surface area (TPSA) is 58.6 Å². The Hall–Kier alpha value is -2.56. The van der Waals surface area contributed by atoms with Crippen LogP contribution in [0.1, 0.15) is 18.5 Å². The zero-order valence-corrected chi connectivity index (χ0v) is 11.5. The first-order chi connectivity index (χ1) is 10.1. The lowest BCUT2D eigenvalue weighted by molar-refractivity contribution is -0.138. The molecule has 110 valence electrons. The fraction of sp³-hybridized carbons (Fsp3) is 0.188. The third-order valence-electron chi connectivity index (χ3n) is 2.89. The highest BCUT2D eigenvalue weighted by Gasteiger charge is 2.20. The first-order valence-corrected chi connectivity index (χ1v) is 6.58. The average Bonchev–Trinajstić information content (AvgIpc) is 2.45. The van der Waals surface area contributed by atoms with Crippen LogP contribution < -0.4 is 10.1 Å². The zero-order valence-electron chi connectivity index (χ0n) is 11.5. The summed E-state index contributed by atoms with van der Waals surface area (Å²) in [6.07, 6.45) is 0. The van der Waals surface area contributed by atoms with Crippen LogP contribution in [0.5, 0.6) is 5.75 Å². The van der Waals surface area contributed by atoms with E-state index < -0.39 is 17.8 Å². The second-order valence-corrected chi connectivity index (χ2v) is 4.43. The SMILES string of the molecule is CCOc1cccc(C(Nc2cccc(F)c2)C(=O)O)c1. The van der Waals surface area contributed by atoms with Gasteiger partial charge < -0.3 is 15.2 Å². The lowest BCUT2D eigenvalue weighted by Gasteiger charge is -2.17. The molecule has 0 radical (unpaired) electrons. The Labute approximate surface area is 122 Å².